The Hall–Kier alpha value is -0.920. The number of hydrogen-bond donors (Lipinski definition) is 0. The third kappa shape index (κ3) is 2.26. The molecule has 1 fully saturated rings. The van der Waals surface area contributed by atoms with Crippen molar-refractivity contribution in [3.63, 3.8) is 0 Å². The highest BCUT2D eigenvalue weighted by atomic mass is 79.9. The second-order valence-corrected chi connectivity index (χ2v) is 4.70. The Morgan fingerprint density at radius 2 is 2.31 bits per heavy atom. The molecule has 1 aliphatic heterocycles. The Balaban J connectivity index is 2.28. The first-order chi connectivity index (χ1) is 7.72. The van der Waals surface area contributed by atoms with Crippen molar-refractivity contribution in [3.8, 4) is 6.07 Å². The van der Waals surface area contributed by atoms with E-state index < -0.39 is 0 Å². The van der Waals surface area contributed by atoms with Gasteiger partial charge in [0.05, 0.1) is 22.6 Å². The highest BCUT2D eigenvalue weighted by molar-refractivity contribution is 9.10. The van der Waals surface area contributed by atoms with Crippen molar-refractivity contribution in [2.24, 2.45) is 5.92 Å². The van der Waals surface area contributed by atoms with Gasteiger partial charge in [0.25, 0.3) is 0 Å². The highest BCUT2D eigenvalue weighted by Crippen LogP contribution is 2.34. The van der Waals surface area contributed by atoms with Crippen LogP contribution in [0, 0.1) is 23.1 Å². The maximum Gasteiger partial charge on any atom is 0.137 e. The van der Waals surface area contributed by atoms with Crippen LogP contribution < -0.4 is 0 Å². The fourth-order valence-corrected chi connectivity index (χ4v) is 2.33. The largest absolute Gasteiger partial charge is 0.372 e. The van der Waals surface area contributed by atoms with Gasteiger partial charge in [0.15, 0.2) is 0 Å². The smallest absolute Gasteiger partial charge is 0.137 e. The van der Waals surface area contributed by atoms with E-state index in [1.54, 1.807) is 12.1 Å². The van der Waals surface area contributed by atoms with E-state index in [9.17, 15) is 4.39 Å². The Kier molecular flexibility index (Phi) is 3.57. The van der Waals surface area contributed by atoms with E-state index in [0.29, 0.717) is 11.1 Å². The molecule has 1 aromatic carbocycles. The average molecular weight is 284 g/mol. The first kappa shape index (κ1) is 11.6. The molecule has 0 aliphatic carbocycles. The number of halogens is 2. The minimum absolute atomic E-state index is 0.133. The molecule has 2 rings (SSSR count). The van der Waals surface area contributed by atoms with Crippen LogP contribution in [0.5, 0.6) is 0 Å². The summed E-state index contributed by atoms with van der Waals surface area (Å²) in [6.45, 7) is 0.665. The molecular weight excluding hydrogens is 273 g/mol. The minimum Gasteiger partial charge on any atom is -0.372 e. The van der Waals surface area contributed by atoms with Crippen molar-refractivity contribution >= 4 is 15.9 Å². The molecule has 0 aromatic heterocycles. The molecule has 2 atom stereocenters. The molecule has 1 heterocycles. The van der Waals surface area contributed by atoms with Crippen LogP contribution in [0.3, 0.4) is 0 Å². The van der Waals surface area contributed by atoms with Crippen molar-refractivity contribution in [1.29, 1.82) is 5.26 Å². The van der Waals surface area contributed by atoms with Crippen LogP contribution in [-0.2, 0) is 4.74 Å². The zero-order valence-electron chi connectivity index (χ0n) is 8.62. The minimum atomic E-state index is -0.298. The molecule has 16 heavy (non-hydrogen) atoms. The summed E-state index contributed by atoms with van der Waals surface area (Å²) in [4.78, 5) is 0. The summed E-state index contributed by atoms with van der Waals surface area (Å²) in [5.41, 5.74) is 0.861. The lowest BCUT2D eigenvalue weighted by atomic mass is 9.91. The van der Waals surface area contributed by atoms with Crippen LogP contribution in [0.4, 0.5) is 4.39 Å². The van der Waals surface area contributed by atoms with E-state index in [1.807, 2.05) is 0 Å². The van der Waals surface area contributed by atoms with Gasteiger partial charge in [0.2, 0.25) is 0 Å². The maximum absolute atomic E-state index is 13.1. The lowest BCUT2D eigenvalue weighted by Crippen LogP contribution is -2.21. The summed E-state index contributed by atoms with van der Waals surface area (Å²) in [7, 11) is 0. The van der Waals surface area contributed by atoms with Gasteiger partial charge in [0.1, 0.15) is 5.82 Å². The third-order valence-corrected chi connectivity index (χ3v) is 3.37. The molecule has 1 aliphatic rings. The van der Waals surface area contributed by atoms with Crippen LogP contribution in [0.25, 0.3) is 0 Å². The van der Waals surface area contributed by atoms with Crippen molar-refractivity contribution in [2.75, 3.05) is 6.61 Å². The van der Waals surface area contributed by atoms with Crippen LogP contribution >= 0.6 is 15.9 Å². The molecule has 1 aromatic rings. The molecule has 0 bridgehead atoms. The van der Waals surface area contributed by atoms with Gasteiger partial charge in [-0.05, 0) is 46.5 Å². The quantitative estimate of drug-likeness (QED) is 0.789. The van der Waals surface area contributed by atoms with E-state index >= 15 is 0 Å². The Labute approximate surface area is 102 Å². The van der Waals surface area contributed by atoms with Crippen molar-refractivity contribution < 1.29 is 9.13 Å². The zero-order valence-corrected chi connectivity index (χ0v) is 10.2. The molecule has 0 spiro atoms. The second-order valence-electron chi connectivity index (χ2n) is 3.84. The normalized spacial score (nSPS) is 25.1. The van der Waals surface area contributed by atoms with Crippen LogP contribution in [0.15, 0.2) is 22.7 Å². The third-order valence-electron chi connectivity index (χ3n) is 2.76. The SMILES string of the molecule is N#CC1CCCOC1c1ccc(F)c(Br)c1. The molecule has 84 valence electrons. The number of benzene rings is 1. The molecule has 0 radical (unpaired) electrons. The van der Waals surface area contributed by atoms with Gasteiger partial charge in [-0.15, -0.1) is 0 Å². The standard InChI is InChI=1S/C12H11BrFNO/c13-10-6-8(3-4-11(10)14)12-9(7-15)2-1-5-16-12/h3-4,6,9,12H,1-2,5H2. The predicted molar refractivity (Wildman–Crippen MR) is 61.1 cm³/mol. The highest BCUT2D eigenvalue weighted by Gasteiger charge is 2.27. The zero-order chi connectivity index (χ0) is 11.5. The predicted octanol–water partition coefficient (Wildman–Crippen LogP) is 3.58. The summed E-state index contributed by atoms with van der Waals surface area (Å²) in [5.74, 6) is -0.431. The van der Waals surface area contributed by atoms with Gasteiger partial charge >= 0.3 is 0 Å². The number of hydrogen-bond acceptors (Lipinski definition) is 2. The fourth-order valence-electron chi connectivity index (χ4n) is 1.93. The van der Waals surface area contributed by atoms with E-state index in [2.05, 4.69) is 22.0 Å². The molecule has 2 nitrogen and oxygen atoms in total. The van der Waals surface area contributed by atoms with Crippen LogP contribution in [0.2, 0.25) is 0 Å². The summed E-state index contributed by atoms with van der Waals surface area (Å²) < 4.78 is 19.1. The van der Waals surface area contributed by atoms with E-state index in [1.165, 1.54) is 6.07 Å². The number of nitrogens with zero attached hydrogens (tertiary/aromatic N) is 1. The van der Waals surface area contributed by atoms with E-state index in [4.69, 9.17) is 10.00 Å². The average Bonchev–Trinajstić information content (AvgIpc) is 2.32. The molecule has 2 unspecified atom stereocenters. The molecule has 0 N–H and O–H groups in total. The topological polar surface area (TPSA) is 33.0 Å². The number of nitriles is 1. The lowest BCUT2D eigenvalue weighted by molar-refractivity contribution is -0.0102. The van der Waals surface area contributed by atoms with E-state index in [-0.39, 0.29) is 17.8 Å². The monoisotopic (exact) mass is 283 g/mol. The van der Waals surface area contributed by atoms with Gasteiger partial charge in [0, 0.05) is 6.61 Å². The van der Waals surface area contributed by atoms with Gasteiger partial charge in [-0.2, -0.15) is 5.26 Å². The van der Waals surface area contributed by atoms with Crippen molar-refractivity contribution in [1.82, 2.24) is 0 Å². The van der Waals surface area contributed by atoms with Gasteiger partial charge in [-0.1, -0.05) is 6.07 Å². The Morgan fingerprint density at radius 3 is 3.00 bits per heavy atom. The lowest BCUT2D eigenvalue weighted by Gasteiger charge is -2.27. The van der Waals surface area contributed by atoms with Gasteiger partial charge < -0.3 is 4.74 Å². The first-order valence-electron chi connectivity index (χ1n) is 5.18. The molecule has 0 amide bonds. The molecule has 0 saturated carbocycles. The summed E-state index contributed by atoms with van der Waals surface area (Å²) >= 11 is 3.14. The van der Waals surface area contributed by atoms with Gasteiger partial charge in [-0.25, -0.2) is 4.39 Å². The van der Waals surface area contributed by atoms with Crippen molar-refractivity contribution in [2.45, 2.75) is 18.9 Å². The van der Waals surface area contributed by atoms with Crippen molar-refractivity contribution in [3.05, 3.63) is 34.1 Å². The Morgan fingerprint density at radius 1 is 1.50 bits per heavy atom. The first-order valence-corrected chi connectivity index (χ1v) is 5.98. The van der Waals surface area contributed by atoms with Crippen LogP contribution in [-0.4, -0.2) is 6.61 Å². The maximum atomic E-state index is 13.1. The summed E-state index contributed by atoms with van der Waals surface area (Å²) in [6, 6.07) is 7.02. The molecule has 4 heteroatoms. The van der Waals surface area contributed by atoms with Gasteiger partial charge in [-0.3, -0.25) is 0 Å². The number of rotatable bonds is 1. The summed E-state index contributed by atoms with van der Waals surface area (Å²) in [6.07, 6.45) is 1.53. The molecule has 1 saturated heterocycles. The summed E-state index contributed by atoms with van der Waals surface area (Å²) in [5, 5.41) is 9.03. The van der Waals surface area contributed by atoms with Crippen LogP contribution in [0.1, 0.15) is 24.5 Å². The molecular formula is C12H11BrFNO. The van der Waals surface area contributed by atoms with E-state index in [0.717, 1.165) is 18.4 Å². The number of ether oxygens (including phenoxy) is 1. The fraction of sp³-hybridized carbons (Fsp3) is 0.417. The second kappa shape index (κ2) is 4.94. The Bertz CT molecular complexity index is 430.